The van der Waals surface area contributed by atoms with Crippen molar-refractivity contribution < 1.29 is 37.0 Å². The molecule has 1 amide bonds. The van der Waals surface area contributed by atoms with E-state index in [0.29, 0.717) is 22.6 Å². The van der Waals surface area contributed by atoms with Crippen molar-refractivity contribution in [1.82, 2.24) is 9.97 Å². The summed E-state index contributed by atoms with van der Waals surface area (Å²) in [5.41, 5.74) is 6.86. The summed E-state index contributed by atoms with van der Waals surface area (Å²) in [6.45, 7) is 21.4. The number of ether oxygens (including phenoxy) is 3. The van der Waals surface area contributed by atoms with Crippen LogP contribution in [0.15, 0.2) is 41.7 Å². The van der Waals surface area contributed by atoms with Crippen LogP contribution in [0.2, 0.25) is 18.1 Å². The number of carbonyl (C=O) groups excluding carboxylic acids is 2. The highest BCUT2D eigenvalue weighted by Crippen LogP contribution is 2.42. The lowest BCUT2D eigenvalue weighted by atomic mass is 9.98. The van der Waals surface area contributed by atoms with Gasteiger partial charge < -0.3 is 34.1 Å². The molecule has 0 unspecified atom stereocenters. The molecule has 14 heteroatoms. The summed E-state index contributed by atoms with van der Waals surface area (Å²) in [6.07, 6.45) is 5.10. The fraction of sp³-hybridized carbons (Fsp3) is 0.405. The average molecular weight is 722 g/mol. The zero-order valence-electron chi connectivity index (χ0n) is 31.2. The highest BCUT2D eigenvalue weighted by Gasteiger charge is 2.39. The monoisotopic (exact) mass is 721 g/mol. The molecule has 0 aliphatic heterocycles. The lowest BCUT2D eigenvalue weighted by Gasteiger charge is -2.37. The van der Waals surface area contributed by atoms with Crippen LogP contribution >= 0.6 is 0 Å². The number of hydrogen-bond donors (Lipinski definition) is 2. The Morgan fingerprint density at radius 1 is 1.08 bits per heavy atom. The van der Waals surface area contributed by atoms with Crippen LogP contribution in [-0.2, 0) is 9.16 Å². The molecule has 0 aliphatic rings. The minimum Gasteiger partial charge on any atom is -0.496 e. The molecule has 0 bridgehead atoms. The van der Waals surface area contributed by atoms with E-state index in [4.69, 9.17) is 28.8 Å². The summed E-state index contributed by atoms with van der Waals surface area (Å²) in [5, 5.41) is 3.41. The highest BCUT2D eigenvalue weighted by molar-refractivity contribution is 6.74. The van der Waals surface area contributed by atoms with Crippen LogP contribution in [0.3, 0.4) is 0 Å². The number of hydrogen-bond acceptors (Lipinski definition) is 11. The summed E-state index contributed by atoms with van der Waals surface area (Å²) in [5.74, 6) is -1.96. The lowest BCUT2D eigenvalue weighted by Crippen LogP contribution is -2.44. The summed E-state index contributed by atoms with van der Waals surface area (Å²) in [6, 6.07) is 2.94. The number of carbonyl (C=O) groups is 2. The number of anilines is 4. The zero-order chi connectivity index (χ0) is 38.1. The molecule has 4 aromatic rings. The normalized spacial score (nSPS) is 12.1. The van der Waals surface area contributed by atoms with Crippen molar-refractivity contribution in [3.8, 4) is 11.5 Å². The molecule has 4 rings (SSSR count). The van der Waals surface area contributed by atoms with Crippen molar-refractivity contribution in [2.75, 3.05) is 43.3 Å². The molecule has 3 aromatic heterocycles. The summed E-state index contributed by atoms with van der Waals surface area (Å²) in [7, 11) is 0.375. The number of nitrogen functional groups attached to an aromatic ring is 1. The maximum Gasteiger partial charge on any atom is 0.415 e. The van der Waals surface area contributed by atoms with Crippen molar-refractivity contribution in [1.29, 1.82) is 0 Å². The standard InChI is InChI=1S/C37H48FN5O7Si/c1-13-22-25(46-9)17-26(47-10)30(38)29(22)33(44)34-32(43(35(45)50-36(3,4)5)14-15-48-51(11,12)37(6,7)8)23-16-28(41-20-27(23)49-34)42-31-21(2)18-40-19-24(31)39/h13,16-20H,1,14-15,39H2,2-12H3,(H,40,41,42). The van der Waals surface area contributed by atoms with Gasteiger partial charge in [-0.2, -0.15) is 0 Å². The second kappa shape index (κ2) is 14.7. The molecule has 0 fully saturated rings. The molecule has 0 spiro atoms. The highest BCUT2D eigenvalue weighted by atomic mass is 28.4. The number of rotatable bonds is 12. The molecule has 0 aliphatic carbocycles. The van der Waals surface area contributed by atoms with Gasteiger partial charge in [0.15, 0.2) is 31.2 Å². The summed E-state index contributed by atoms with van der Waals surface area (Å²) in [4.78, 5) is 38.7. The topological polar surface area (TPSA) is 151 Å². The average Bonchev–Trinajstić information content (AvgIpc) is 3.41. The molecule has 51 heavy (non-hydrogen) atoms. The van der Waals surface area contributed by atoms with Crippen molar-refractivity contribution in [2.24, 2.45) is 0 Å². The number of aryl methyl sites for hydroxylation is 1. The molecule has 274 valence electrons. The predicted molar refractivity (Wildman–Crippen MR) is 200 cm³/mol. The number of ketones is 1. The maximum atomic E-state index is 16.1. The number of nitrogens with zero attached hydrogens (tertiary/aromatic N) is 3. The predicted octanol–water partition coefficient (Wildman–Crippen LogP) is 8.65. The van der Waals surface area contributed by atoms with Crippen LogP contribution in [0, 0.1) is 12.7 Å². The van der Waals surface area contributed by atoms with Gasteiger partial charge in [0, 0.05) is 17.8 Å². The maximum absolute atomic E-state index is 16.1. The minimum absolute atomic E-state index is 0.0316. The van der Waals surface area contributed by atoms with Crippen molar-refractivity contribution >= 4 is 60.1 Å². The lowest BCUT2D eigenvalue weighted by molar-refractivity contribution is 0.0574. The molecule has 0 saturated carbocycles. The van der Waals surface area contributed by atoms with Gasteiger partial charge in [-0.1, -0.05) is 33.4 Å². The van der Waals surface area contributed by atoms with Crippen LogP contribution < -0.4 is 25.4 Å². The number of fused-ring (bicyclic) bond motifs is 1. The fourth-order valence-corrected chi connectivity index (χ4v) is 6.10. The van der Waals surface area contributed by atoms with E-state index in [1.54, 1.807) is 33.0 Å². The molecule has 12 nitrogen and oxygen atoms in total. The van der Waals surface area contributed by atoms with E-state index in [1.807, 2.05) is 6.92 Å². The first kappa shape index (κ1) is 38.8. The smallest absolute Gasteiger partial charge is 0.415 e. The number of nitrogens with one attached hydrogen (secondary N) is 1. The van der Waals surface area contributed by atoms with E-state index in [0.717, 1.165) is 5.56 Å². The second-order valence-electron chi connectivity index (χ2n) is 14.5. The Morgan fingerprint density at radius 2 is 1.75 bits per heavy atom. The van der Waals surface area contributed by atoms with Gasteiger partial charge >= 0.3 is 6.09 Å². The third-order valence-electron chi connectivity index (χ3n) is 8.75. The summed E-state index contributed by atoms with van der Waals surface area (Å²) >= 11 is 0. The third kappa shape index (κ3) is 8.18. The van der Waals surface area contributed by atoms with Gasteiger partial charge in [-0.15, -0.1) is 0 Å². The Bertz CT molecular complexity index is 1940. The van der Waals surface area contributed by atoms with Crippen LogP contribution in [0.1, 0.15) is 68.8 Å². The Hall–Kier alpha value is -4.95. The molecular weight excluding hydrogens is 674 g/mol. The number of methoxy groups -OCH3 is 2. The Balaban J connectivity index is 2.01. The van der Waals surface area contributed by atoms with Crippen molar-refractivity contribution in [3.05, 3.63) is 65.6 Å². The van der Waals surface area contributed by atoms with Crippen molar-refractivity contribution in [2.45, 2.75) is 72.2 Å². The van der Waals surface area contributed by atoms with E-state index in [2.05, 4.69) is 55.7 Å². The molecule has 0 saturated heterocycles. The van der Waals surface area contributed by atoms with Gasteiger partial charge in [0.1, 0.15) is 22.9 Å². The van der Waals surface area contributed by atoms with Gasteiger partial charge in [-0.3, -0.25) is 14.7 Å². The van der Waals surface area contributed by atoms with Crippen LogP contribution in [0.5, 0.6) is 11.5 Å². The minimum atomic E-state index is -2.28. The number of amides is 1. The first-order chi connectivity index (χ1) is 23.7. The third-order valence-corrected chi connectivity index (χ3v) is 13.3. The first-order valence-corrected chi connectivity index (χ1v) is 19.3. The fourth-order valence-electron chi connectivity index (χ4n) is 5.07. The Labute approximate surface area is 299 Å². The van der Waals surface area contributed by atoms with E-state index in [1.165, 1.54) is 43.7 Å². The van der Waals surface area contributed by atoms with Crippen LogP contribution in [-0.4, -0.2) is 63.1 Å². The SMILES string of the molecule is C=Cc1c(OC)cc(OC)c(F)c1C(=O)c1oc2cnc(Nc3c(C)cncc3N)cc2c1N(CCO[Si](C)(C)C(C)(C)C)C(=O)OC(C)(C)C. The van der Waals surface area contributed by atoms with Gasteiger partial charge in [0.2, 0.25) is 5.78 Å². The largest absolute Gasteiger partial charge is 0.496 e. The van der Waals surface area contributed by atoms with Gasteiger partial charge in [-0.05, 0) is 57.5 Å². The van der Waals surface area contributed by atoms with E-state index >= 15 is 4.39 Å². The molecular formula is C37H48FN5O7Si. The van der Waals surface area contributed by atoms with E-state index in [9.17, 15) is 9.59 Å². The number of benzene rings is 1. The van der Waals surface area contributed by atoms with Gasteiger partial charge in [0.05, 0.1) is 62.1 Å². The molecule has 1 aromatic carbocycles. The van der Waals surface area contributed by atoms with Crippen LogP contribution in [0.25, 0.3) is 17.0 Å². The number of furan rings is 1. The zero-order valence-corrected chi connectivity index (χ0v) is 32.2. The van der Waals surface area contributed by atoms with E-state index < -0.39 is 37.2 Å². The molecule has 3 N–H and O–H groups in total. The summed E-state index contributed by atoms with van der Waals surface area (Å²) < 4.78 is 45.4. The quantitative estimate of drug-likeness (QED) is 0.107. The van der Waals surface area contributed by atoms with Gasteiger partial charge in [0.25, 0.3) is 0 Å². The molecule has 0 radical (unpaired) electrons. The Morgan fingerprint density at radius 3 is 2.31 bits per heavy atom. The van der Waals surface area contributed by atoms with Gasteiger partial charge in [-0.25, -0.2) is 14.2 Å². The number of pyridine rings is 2. The molecule has 3 heterocycles. The van der Waals surface area contributed by atoms with Crippen LogP contribution in [0.4, 0.5) is 32.1 Å². The number of nitrogens with two attached hydrogens (primary N) is 1. The first-order valence-electron chi connectivity index (χ1n) is 16.4. The molecule has 0 atom stereocenters. The second-order valence-corrected chi connectivity index (χ2v) is 19.4. The Kier molecular flexibility index (Phi) is 11.2. The van der Waals surface area contributed by atoms with E-state index in [-0.39, 0.29) is 52.3 Å². The van der Waals surface area contributed by atoms with Crippen molar-refractivity contribution in [3.63, 3.8) is 0 Å². The number of halogens is 1. The number of aromatic nitrogens is 2.